The highest BCUT2D eigenvalue weighted by Crippen LogP contribution is 2.08. The summed E-state index contributed by atoms with van der Waals surface area (Å²) in [5, 5.41) is 3.17. The van der Waals surface area contributed by atoms with Gasteiger partial charge in [-0.15, -0.1) is 0 Å². The van der Waals surface area contributed by atoms with E-state index in [-0.39, 0.29) is 5.82 Å². The third-order valence-corrected chi connectivity index (χ3v) is 2.82. The molecule has 2 aromatic carbocycles. The molecule has 0 fully saturated rings. The fourth-order valence-electron chi connectivity index (χ4n) is 1.90. The van der Waals surface area contributed by atoms with Gasteiger partial charge >= 0.3 is 0 Å². The minimum atomic E-state index is -0.442. The molecule has 19 heavy (non-hydrogen) atoms. The maximum atomic E-state index is 13.0. The van der Waals surface area contributed by atoms with Gasteiger partial charge in [-0.1, -0.05) is 30.3 Å². The van der Waals surface area contributed by atoms with Crippen LogP contribution in [0.2, 0.25) is 0 Å². The van der Waals surface area contributed by atoms with Crippen LogP contribution in [0.5, 0.6) is 0 Å². The quantitative estimate of drug-likeness (QED) is 0.864. The molecule has 0 aliphatic rings. The van der Waals surface area contributed by atoms with Gasteiger partial charge in [-0.3, -0.25) is 4.79 Å². The zero-order valence-electron chi connectivity index (χ0n) is 10.4. The van der Waals surface area contributed by atoms with Gasteiger partial charge in [0.1, 0.15) is 5.82 Å². The summed E-state index contributed by atoms with van der Waals surface area (Å²) in [5.74, 6) is -0.694. The predicted octanol–water partition coefficient (Wildman–Crippen LogP) is 2.21. The van der Waals surface area contributed by atoms with Crippen molar-refractivity contribution in [3.05, 3.63) is 71.0 Å². The summed E-state index contributed by atoms with van der Waals surface area (Å²) in [6.45, 7) is 1.04. The molecule has 0 bridgehead atoms. The highest BCUT2D eigenvalue weighted by atomic mass is 19.1. The van der Waals surface area contributed by atoms with Crippen LogP contribution in [0.15, 0.2) is 48.5 Å². The molecule has 3 nitrogen and oxygen atoms in total. The predicted molar refractivity (Wildman–Crippen MR) is 71.9 cm³/mol. The molecule has 3 N–H and O–H groups in total. The van der Waals surface area contributed by atoms with Gasteiger partial charge in [-0.25, -0.2) is 4.39 Å². The van der Waals surface area contributed by atoms with E-state index in [1.54, 1.807) is 18.2 Å². The number of carbonyl (C=O) groups excluding carboxylic acids is 1. The van der Waals surface area contributed by atoms with Crippen molar-refractivity contribution in [1.29, 1.82) is 0 Å². The van der Waals surface area contributed by atoms with Crippen LogP contribution in [0.25, 0.3) is 0 Å². The Bertz CT molecular complexity index is 584. The largest absolute Gasteiger partial charge is 0.366 e. The Morgan fingerprint density at radius 3 is 2.63 bits per heavy atom. The molecule has 1 amide bonds. The second-order valence-electron chi connectivity index (χ2n) is 4.25. The lowest BCUT2D eigenvalue weighted by Crippen LogP contribution is -2.18. The van der Waals surface area contributed by atoms with Crippen LogP contribution in [0.4, 0.5) is 4.39 Å². The van der Waals surface area contributed by atoms with E-state index < -0.39 is 5.91 Å². The van der Waals surface area contributed by atoms with Crippen LogP contribution in [0, 0.1) is 5.82 Å². The van der Waals surface area contributed by atoms with E-state index >= 15 is 0 Å². The van der Waals surface area contributed by atoms with Crippen LogP contribution >= 0.6 is 0 Å². The summed E-state index contributed by atoms with van der Waals surface area (Å²) in [7, 11) is 0. The molecule has 0 unspecified atom stereocenters. The Morgan fingerprint density at radius 2 is 1.89 bits per heavy atom. The molecule has 2 aromatic rings. The fourth-order valence-corrected chi connectivity index (χ4v) is 1.90. The monoisotopic (exact) mass is 258 g/mol. The van der Waals surface area contributed by atoms with Gasteiger partial charge in [0, 0.05) is 18.7 Å². The minimum Gasteiger partial charge on any atom is -0.366 e. The number of carbonyl (C=O) groups is 1. The molecule has 4 heteroatoms. The van der Waals surface area contributed by atoms with Gasteiger partial charge in [-0.05, 0) is 29.3 Å². The van der Waals surface area contributed by atoms with E-state index in [1.807, 2.05) is 18.2 Å². The van der Waals surface area contributed by atoms with E-state index in [4.69, 9.17) is 5.73 Å². The first kappa shape index (κ1) is 13.2. The molecule has 2 rings (SSSR count). The Hall–Kier alpha value is -2.20. The summed E-state index contributed by atoms with van der Waals surface area (Å²) >= 11 is 0. The molecule has 0 heterocycles. The van der Waals surface area contributed by atoms with Crippen molar-refractivity contribution in [2.24, 2.45) is 5.73 Å². The Kier molecular flexibility index (Phi) is 4.26. The van der Waals surface area contributed by atoms with E-state index in [2.05, 4.69) is 5.32 Å². The van der Waals surface area contributed by atoms with Crippen molar-refractivity contribution in [2.45, 2.75) is 13.1 Å². The molecule has 0 aliphatic heterocycles. The van der Waals surface area contributed by atoms with Crippen LogP contribution in [0.3, 0.4) is 0 Å². The molecular formula is C15H15FN2O. The molecule has 0 radical (unpaired) electrons. The molecular weight excluding hydrogens is 243 g/mol. The van der Waals surface area contributed by atoms with Gasteiger partial charge in [0.05, 0.1) is 0 Å². The van der Waals surface area contributed by atoms with Crippen molar-refractivity contribution in [2.75, 3.05) is 0 Å². The van der Waals surface area contributed by atoms with E-state index in [0.29, 0.717) is 18.7 Å². The Labute approximate surface area is 111 Å². The summed E-state index contributed by atoms with van der Waals surface area (Å²) in [6, 6.07) is 13.6. The van der Waals surface area contributed by atoms with Crippen molar-refractivity contribution in [1.82, 2.24) is 5.32 Å². The number of rotatable bonds is 5. The van der Waals surface area contributed by atoms with Crippen LogP contribution in [-0.4, -0.2) is 5.91 Å². The first-order valence-electron chi connectivity index (χ1n) is 5.99. The highest BCUT2D eigenvalue weighted by Gasteiger charge is 2.06. The molecule has 98 valence electrons. The van der Waals surface area contributed by atoms with Crippen LogP contribution in [-0.2, 0) is 13.1 Å². The molecule has 0 saturated carbocycles. The van der Waals surface area contributed by atoms with Crippen molar-refractivity contribution in [3.8, 4) is 0 Å². The zero-order valence-corrected chi connectivity index (χ0v) is 10.4. The summed E-state index contributed by atoms with van der Waals surface area (Å²) in [5.41, 5.74) is 7.51. The molecule has 0 atom stereocenters. The maximum absolute atomic E-state index is 13.0. The molecule has 0 saturated heterocycles. The van der Waals surface area contributed by atoms with Crippen molar-refractivity contribution >= 4 is 5.91 Å². The van der Waals surface area contributed by atoms with Crippen molar-refractivity contribution < 1.29 is 9.18 Å². The maximum Gasteiger partial charge on any atom is 0.249 e. The highest BCUT2D eigenvalue weighted by molar-refractivity contribution is 5.94. The lowest BCUT2D eigenvalue weighted by Gasteiger charge is -2.08. The smallest absolute Gasteiger partial charge is 0.249 e. The number of benzene rings is 2. The number of nitrogens with two attached hydrogens (primary N) is 1. The molecule has 0 aromatic heterocycles. The van der Waals surface area contributed by atoms with Gasteiger partial charge in [0.25, 0.3) is 0 Å². The normalized spacial score (nSPS) is 10.4. The first-order chi connectivity index (χ1) is 9.16. The van der Waals surface area contributed by atoms with Gasteiger partial charge < -0.3 is 11.1 Å². The standard InChI is InChI=1S/C15H15FN2O/c16-13-6-3-4-11(8-13)9-18-10-12-5-1-2-7-14(12)15(17)19/h1-8,18H,9-10H2,(H2,17,19). The number of primary amides is 1. The fraction of sp³-hybridized carbons (Fsp3) is 0.133. The average molecular weight is 258 g/mol. The van der Waals surface area contributed by atoms with Gasteiger partial charge in [-0.2, -0.15) is 0 Å². The zero-order chi connectivity index (χ0) is 13.7. The van der Waals surface area contributed by atoms with Crippen LogP contribution < -0.4 is 11.1 Å². The Balaban J connectivity index is 1.98. The third-order valence-electron chi connectivity index (χ3n) is 2.82. The van der Waals surface area contributed by atoms with Crippen LogP contribution in [0.1, 0.15) is 21.5 Å². The topological polar surface area (TPSA) is 55.1 Å². The average Bonchev–Trinajstić information content (AvgIpc) is 2.39. The molecule has 0 aliphatic carbocycles. The second-order valence-corrected chi connectivity index (χ2v) is 4.25. The summed E-state index contributed by atoms with van der Waals surface area (Å²) < 4.78 is 13.0. The number of nitrogens with one attached hydrogen (secondary N) is 1. The van der Waals surface area contributed by atoms with E-state index in [1.165, 1.54) is 12.1 Å². The number of halogens is 1. The summed E-state index contributed by atoms with van der Waals surface area (Å²) in [4.78, 5) is 11.2. The third kappa shape index (κ3) is 3.63. The second kappa shape index (κ2) is 6.11. The molecule has 0 spiro atoms. The lowest BCUT2D eigenvalue weighted by molar-refractivity contribution is 0.0999. The van der Waals surface area contributed by atoms with Crippen molar-refractivity contribution in [3.63, 3.8) is 0 Å². The minimum absolute atomic E-state index is 0.253. The van der Waals surface area contributed by atoms with E-state index in [9.17, 15) is 9.18 Å². The first-order valence-corrected chi connectivity index (χ1v) is 5.99. The Morgan fingerprint density at radius 1 is 1.11 bits per heavy atom. The number of amides is 1. The lowest BCUT2D eigenvalue weighted by atomic mass is 10.1. The van der Waals surface area contributed by atoms with Gasteiger partial charge in [0.15, 0.2) is 0 Å². The SMILES string of the molecule is NC(=O)c1ccccc1CNCc1cccc(F)c1. The van der Waals surface area contributed by atoms with Gasteiger partial charge in [0.2, 0.25) is 5.91 Å². The number of hydrogen-bond acceptors (Lipinski definition) is 2. The summed E-state index contributed by atoms with van der Waals surface area (Å²) in [6.07, 6.45) is 0. The van der Waals surface area contributed by atoms with E-state index in [0.717, 1.165) is 11.1 Å². The number of hydrogen-bond donors (Lipinski definition) is 2.